The van der Waals surface area contributed by atoms with E-state index in [2.05, 4.69) is 40.7 Å². The second kappa shape index (κ2) is 2.82. The van der Waals surface area contributed by atoms with E-state index >= 15 is 0 Å². The van der Waals surface area contributed by atoms with Crippen LogP contribution in [0.25, 0.3) is 0 Å². The minimum Gasteiger partial charge on any atom is -0.371 e. The zero-order chi connectivity index (χ0) is 7.52. The Morgan fingerprint density at radius 3 is 2.91 bits per heavy atom. The van der Waals surface area contributed by atoms with Crippen LogP contribution in [-0.4, -0.2) is 17.6 Å². The number of nitrogens with zero attached hydrogens (tertiary/aromatic N) is 1. The Bertz CT molecular complexity index is 208. The van der Waals surface area contributed by atoms with Gasteiger partial charge in [-0.15, -0.1) is 0 Å². The van der Waals surface area contributed by atoms with E-state index in [1.807, 2.05) is 6.20 Å². The van der Waals surface area contributed by atoms with Crippen molar-refractivity contribution in [2.75, 3.05) is 6.54 Å². The van der Waals surface area contributed by atoms with Crippen LogP contribution in [0.4, 0.5) is 0 Å². The first-order valence-electron chi connectivity index (χ1n) is 3.97. The predicted octanol–water partition coefficient (Wildman–Crippen LogP) is 1.20. The summed E-state index contributed by atoms with van der Waals surface area (Å²) in [6.07, 6.45) is 14.2. The monoisotopic (exact) mass is 148 g/mol. The lowest BCUT2D eigenvalue weighted by Crippen LogP contribution is -2.38. The van der Waals surface area contributed by atoms with Gasteiger partial charge in [-0.25, -0.2) is 0 Å². The van der Waals surface area contributed by atoms with E-state index in [0.717, 1.165) is 13.0 Å². The number of nitrogens with one attached hydrogen (secondary N) is 1. The highest BCUT2D eigenvalue weighted by molar-refractivity contribution is 5.11. The van der Waals surface area contributed by atoms with E-state index in [-0.39, 0.29) is 0 Å². The average molecular weight is 148 g/mol. The molecule has 58 valence electrons. The minimum atomic E-state index is 0.483. The number of rotatable bonds is 1. The van der Waals surface area contributed by atoms with Gasteiger partial charge in [0.15, 0.2) is 0 Å². The van der Waals surface area contributed by atoms with Crippen LogP contribution in [0.15, 0.2) is 36.7 Å². The van der Waals surface area contributed by atoms with E-state index in [0.29, 0.717) is 6.17 Å². The van der Waals surface area contributed by atoms with Crippen molar-refractivity contribution < 1.29 is 0 Å². The first-order valence-corrected chi connectivity index (χ1v) is 3.97. The molecule has 1 atom stereocenters. The van der Waals surface area contributed by atoms with Crippen LogP contribution in [0.1, 0.15) is 6.42 Å². The normalized spacial score (nSPS) is 27.6. The van der Waals surface area contributed by atoms with Gasteiger partial charge < -0.3 is 10.2 Å². The van der Waals surface area contributed by atoms with Crippen LogP contribution in [0.2, 0.25) is 0 Å². The molecule has 0 aromatic carbocycles. The van der Waals surface area contributed by atoms with Crippen LogP contribution < -0.4 is 5.32 Å². The van der Waals surface area contributed by atoms with Crippen molar-refractivity contribution in [1.82, 2.24) is 10.2 Å². The number of hydrogen-bond donors (Lipinski definition) is 1. The summed E-state index contributed by atoms with van der Waals surface area (Å²) in [6.45, 7) is 1.02. The molecular formula is C9H12N2. The molecule has 0 radical (unpaired) electrons. The van der Waals surface area contributed by atoms with Gasteiger partial charge in [-0.05, 0) is 12.3 Å². The topological polar surface area (TPSA) is 15.3 Å². The summed E-state index contributed by atoms with van der Waals surface area (Å²) in [4.78, 5) is 2.29. The van der Waals surface area contributed by atoms with Gasteiger partial charge in [0.1, 0.15) is 6.17 Å². The summed E-state index contributed by atoms with van der Waals surface area (Å²) >= 11 is 0. The van der Waals surface area contributed by atoms with Crippen molar-refractivity contribution in [1.29, 1.82) is 0 Å². The Kier molecular flexibility index (Phi) is 1.68. The smallest absolute Gasteiger partial charge is 0.102 e. The fourth-order valence-corrected chi connectivity index (χ4v) is 1.39. The van der Waals surface area contributed by atoms with Gasteiger partial charge in [-0.2, -0.15) is 0 Å². The lowest BCUT2D eigenvalue weighted by atomic mass is 10.3. The van der Waals surface area contributed by atoms with Crippen molar-refractivity contribution in [3.05, 3.63) is 36.7 Å². The van der Waals surface area contributed by atoms with E-state index in [4.69, 9.17) is 0 Å². The van der Waals surface area contributed by atoms with Crippen molar-refractivity contribution in [2.45, 2.75) is 12.6 Å². The molecule has 0 bridgehead atoms. The Balaban J connectivity index is 1.95. The zero-order valence-corrected chi connectivity index (χ0v) is 6.40. The SMILES string of the molecule is C1=CCN(C2CC=CN2)C=C1. The molecular weight excluding hydrogens is 136 g/mol. The van der Waals surface area contributed by atoms with Gasteiger partial charge >= 0.3 is 0 Å². The zero-order valence-electron chi connectivity index (χ0n) is 6.40. The van der Waals surface area contributed by atoms with Gasteiger partial charge in [-0.1, -0.05) is 18.2 Å². The average Bonchev–Trinajstić information content (AvgIpc) is 2.58. The highest BCUT2D eigenvalue weighted by Gasteiger charge is 2.14. The highest BCUT2D eigenvalue weighted by Crippen LogP contribution is 2.10. The van der Waals surface area contributed by atoms with E-state index in [1.54, 1.807) is 0 Å². The Hall–Kier alpha value is -1.18. The second-order valence-corrected chi connectivity index (χ2v) is 2.79. The summed E-state index contributed by atoms with van der Waals surface area (Å²) in [5.41, 5.74) is 0. The Labute approximate surface area is 66.9 Å². The number of hydrogen-bond acceptors (Lipinski definition) is 2. The van der Waals surface area contributed by atoms with Gasteiger partial charge in [0.25, 0.3) is 0 Å². The molecule has 2 nitrogen and oxygen atoms in total. The number of allylic oxidation sites excluding steroid dienone is 2. The standard InChI is InChI=1S/C9H12N2/c1-2-7-11(8-3-1)9-5-4-6-10-9/h1-4,6-7,9-10H,5,8H2. The third-order valence-corrected chi connectivity index (χ3v) is 2.01. The molecule has 2 heteroatoms. The van der Waals surface area contributed by atoms with Gasteiger partial charge in [0.2, 0.25) is 0 Å². The molecule has 11 heavy (non-hydrogen) atoms. The van der Waals surface area contributed by atoms with Crippen molar-refractivity contribution >= 4 is 0 Å². The quantitative estimate of drug-likeness (QED) is 0.601. The van der Waals surface area contributed by atoms with Crippen LogP contribution in [0, 0.1) is 0 Å². The third kappa shape index (κ3) is 1.29. The fraction of sp³-hybridized carbons (Fsp3) is 0.333. The van der Waals surface area contributed by atoms with Gasteiger partial charge in [0, 0.05) is 19.2 Å². The Morgan fingerprint density at radius 1 is 1.27 bits per heavy atom. The summed E-state index contributed by atoms with van der Waals surface area (Å²) in [5, 5.41) is 3.29. The van der Waals surface area contributed by atoms with Crippen molar-refractivity contribution in [3.63, 3.8) is 0 Å². The molecule has 1 N–H and O–H groups in total. The molecule has 2 rings (SSSR count). The maximum Gasteiger partial charge on any atom is 0.102 e. The lowest BCUT2D eigenvalue weighted by Gasteiger charge is -2.27. The van der Waals surface area contributed by atoms with Crippen LogP contribution >= 0.6 is 0 Å². The predicted molar refractivity (Wildman–Crippen MR) is 45.7 cm³/mol. The summed E-state index contributed by atoms with van der Waals surface area (Å²) in [6, 6.07) is 0. The van der Waals surface area contributed by atoms with Gasteiger partial charge in [-0.3, -0.25) is 0 Å². The van der Waals surface area contributed by atoms with E-state index in [1.165, 1.54) is 0 Å². The maximum absolute atomic E-state index is 3.29. The molecule has 2 heterocycles. The molecule has 0 saturated heterocycles. The van der Waals surface area contributed by atoms with E-state index in [9.17, 15) is 0 Å². The molecule has 0 amide bonds. The molecule has 1 unspecified atom stereocenters. The fourth-order valence-electron chi connectivity index (χ4n) is 1.39. The molecule has 0 saturated carbocycles. The summed E-state index contributed by atoms with van der Waals surface area (Å²) < 4.78 is 0. The molecule has 0 aromatic heterocycles. The van der Waals surface area contributed by atoms with E-state index < -0.39 is 0 Å². The maximum atomic E-state index is 3.29. The first-order chi connectivity index (χ1) is 5.47. The molecule has 2 aliphatic rings. The Morgan fingerprint density at radius 2 is 2.27 bits per heavy atom. The molecule has 0 aliphatic carbocycles. The van der Waals surface area contributed by atoms with Crippen LogP contribution in [-0.2, 0) is 0 Å². The van der Waals surface area contributed by atoms with Crippen molar-refractivity contribution in [2.24, 2.45) is 0 Å². The summed E-state index contributed by atoms with van der Waals surface area (Å²) in [7, 11) is 0. The third-order valence-electron chi connectivity index (χ3n) is 2.01. The van der Waals surface area contributed by atoms with Crippen molar-refractivity contribution in [3.8, 4) is 0 Å². The lowest BCUT2D eigenvalue weighted by molar-refractivity contribution is 0.286. The first kappa shape index (κ1) is 6.53. The minimum absolute atomic E-state index is 0.483. The largest absolute Gasteiger partial charge is 0.371 e. The van der Waals surface area contributed by atoms with Crippen LogP contribution in [0.5, 0.6) is 0 Å². The molecule has 0 aromatic rings. The molecule has 0 fully saturated rings. The highest BCUT2D eigenvalue weighted by atomic mass is 15.3. The molecule has 0 spiro atoms. The van der Waals surface area contributed by atoms with Gasteiger partial charge in [0.05, 0.1) is 0 Å². The summed E-state index contributed by atoms with van der Waals surface area (Å²) in [5.74, 6) is 0. The second-order valence-electron chi connectivity index (χ2n) is 2.79. The van der Waals surface area contributed by atoms with Crippen LogP contribution in [0.3, 0.4) is 0 Å². The molecule has 2 aliphatic heterocycles.